The minimum absolute atomic E-state index is 0.0625. The number of halogens is 2. The molecule has 0 aliphatic carbocycles. The Morgan fingerprint density at radius 1 is 0.953 bits per heavy atom. The van der Waals surface area contributed by atoms with E-state index in [-0.39, 0.29) is 29.7 Å². The van der Waals surface area contributed by atoms with Gasteiger partial charge in [0.1, 0.15) is 18.2 Å². The Morgan fingerprint density at radius 2 is 1.72 bits per heavy atom. The van der Waals surface area contributed by atoms with Crippen LogP contribution in [0, 0.1) is 6.92 Å². The summed E-state index contributed by atoms with van der Waals surface area (Å²) in [4.78, 5) is 30.5. The Morgan fingerprint density at radius 3 is 2.44 bits per heavy atom. The average molecular weight is 621 g/mol. The maximum Gasteiger partial charge on any atom is 0.319 e. The molecule has 220 valence electrons. The number of hydrogen-bond acceptors (Lipinski definition) is 6. The highest BCUT2D eigenvalue weighted by molar-refractivity contribution is 7.92. The summed E-state index contributed by atoms with van der Waals surface area (Å²) in [6.07, 6.45) is 2.54. The van der Waals surface area contributed by atoms with E-state index in [0.717, 1.165) is 22.5 Å². The van der Waals surface area contributed by atoms with Crippen LogP contribution in [0.15, 0.2) is 94.5 Å². The molecule has 11 heteroatoms. The number of rotatable bonds is 10. The maximum atomic E-state index is 14.1. The maximum absolute atomic E-state index is 14.1. The fourth-order valence-corrected chi connectivity index (χ4v) is 6.10. The largest absolute Gasteiger partial charge is 0.480 e. The van der Waals surface area contributed by atoms with Crippen molar-refractivity contribution >= 4 is 44.1 Å². The SMILES string of the molecule is Cc1ccc2ccccc2c1C(=O)N(Cc1ccc(CF)o1)Cc1ccc(-c2cncc(S(=O)(=O)CC(=O)O)c2)cc1Cl. The molecule has 5 rings (SSSR count). The van der Waals surface area contributed by atoms with Crippen molar-refractivity contribution in [3.8, 4) is 11.1 Å². The normalized spacial score (nSPS) is 11.5. The first-order valence-corrected chi connectivity index (χ1v) is 15.2. The molecule has 0 radical (unpaired) electrons. The third-order valence-corrected chi connectivity index (χ3v) is 8.89. The van der Waals surface area contributed by atoms with Gasteiger partial charge >= 0.3 is 5.97 Å². The Labute approximate surface area is 252 Å². The molecule has 2 heterocycles. The van der Waals surface area contributed by atoms with E-state index >= 15 is 0 Å². The number of aliphatic carboxylic acids is 1. The van der Waals surface area contributed by atoms with Crippen molar-refractivity contribution < 1.29 is 31.9 Å². The van der Waals surface area contributed by atoms with Crippen molar-refractivity contribution in [3.63, 3.8) is 0 Å². The summed E-state index contributed by atoms with van der Waals surface area (Å²) in [6.45, 7) is 1.26. The Balaban J connectivity index is 1.49. The zero-order valence-corrected chi connectivity index (χ0v) is 24.5. The lowest BCUT2D eigenvalue weighted by molar-refractivity contribution is -0.134. The van der Waals surface area contributed by atoms with Crippen molar-refractivity contribution in [2.24, 2.45) is 0 Å². The van der Waals surface area contributed by atoms with E-state index in [1.165, 1.54) is 18.3 Å². The predicted molar refractivity (Wildman–Crippen MR) is 160 cm³/mol. The lowest BCUT2D eigenvalue weighted by Gasteiger charge is -2.24. The number of carbonyl (C=O) groups is 2. The molecule has 0 aliphatic rings. The van der Waals surface area contributed by atoms with Crippen LogP contribution in [0.3, 0.4) is 0 Å². The zero-order valence-electron chi connectivity index (χ0n) is 23.0. The zero-order chi connectivity index (χ0) is 30.7. The van der Waals surface area contributed by atoms with E-state index in [4.69, 9.17) is 21.1 Å². The molecule has 3 aromatic carbocycles. The number of furan rings is 1. The van der Waals surface area contributed by atoms with E-state index in [1.54, 1.807) is 29.2 Å². The first kappa shape index (κ1) is 29.9. The summed E-state index contributed by atoms with van der Waals surface area (Å²) in [5.41, 5.74) is 2.91. The van der Waals surface area contributed by atoms with Gasteiger partial charge in [-0.3, -0.25) is 14.6 Å². The summed E-state index contributed by atoms with van der Waals surface area (Å²) >= 11 is 6.70. The van der Waals surface area contributed by atoms with Crippen molar-refractivity contribution in [1.82, 2.24) is 9.88 Å². The average Bonchev–Trinajstić information content (AvgIpc) is 3.44. The van der Waals surface area contributed by atoms with Gasteiger partial charge in [-0.2, -0.15) is 0 Å². The van der Waals surface area contributed by atoms with Crippen LogP contribution in [0.4, 0.5) is 4.39 Å². The van der Waals surface area contributed by atoms with Crippen LogP contribution in [0.2, 0.25) is 5.02 Å². The quantitative estimate of drug-likeness (QED) is 0.186. The Hall–Kier alpha value is -4.54. The number of pyridine rings is 1. The van der Waals surface area contributed by atoms with Gasteiger partial charge in [-0.1, -0.05) is 60.1 Å². The molecule has 8 nitrogen and oxygen atoms in total. The molecule has 0 aliphatic heterocycles. The lowest BCUT2D eigenvalue weighted by Crippen LogP contribution is -2.31. The standard InChI is InChI=1S/C32H26ClFN2O6S/c1-20-6-7-21-4-2-3-5-28(21)31(20)32(39)36(18-26-11-10-25(14-34)42-26)17-23-9-8-22(13-29(23)33)24-12-27(16-35-15-24)43(40,41)19-30(37)38/h2-13,15-16H,14,17-19H2,1H3,(H,37,38). The summed E-state index contributed by atoms with van der Waals surface area (Å²) in [5, 5.41) is 11.0. The number of benzene rings is 3. The number of alkyl halides is 1. The molecule has 0 saturated carbocycles. The monoisotopic (exact) mass is 620 g/mol. The van der Waals surface area contributed by atoms with Gasteiger partial charge in [0.2, 0.25) is 0 Å². The van der Waals surface area contributed by atoms with Crippen LogP contribution in [0.25, 0.3) is 21.9 Å². The van der Waals surface area contributed by atoms with Gasteiger partial charge < -0.3 is 14.4 Å². The highest BCUT2D eigenvalue weighted by atomic mass is 35.5. The molecule has 0 atom stereocenters. The predicted octanol–water partition coefficient (Wildman–Crippen LogP) is 6.63. The van der Waals surface area contributed by atoms with Crippen LogP contribution in [0.5, 0.6) is 0 Å². The second kappa shape index (κ2) is 12.4. The number of carboxylic acid groups (broad SMARTS) is 1. The van der Waals surface area contributed by atoms with Gasteiger partial charge in [-0.25, -0.2) is 12.8 Å². The minimum Gasteiger partial charge on any atom is -0.480 e. The smallest absolute Gasteiger partial charge is 0.319 e. The fraction of sp³-hybridized carbons (Fsp3) is 0.156. The number of carbonyl (C=O) groups excluding carboxylic acids is 1. The second-order valence-electron chi connectivity index (χ2n) is 10.0. The first-order chi connectivity index (χ1) is 20.6. The first-order valence-electron chi connectivity index (χ1n) is 13.2. The molecular formula is C32H26ClFN2O6S. The van der Waals surface area contributed by atoms with Crippen LogP contribution in [0.1, 0.15) is 33.0 Å². The molecule has 0 fully saturated rings. The summed E-state index contributed by atoms with van der Waals surface area (Å²) in [6, 6.07) is 21.0. The molecule has 0 spiro atoms. The van der Waals surface area contributed by atoms with Gasteiger partial charge in [0.05, 0.1) is 17.0 Å². The minimum atomic E-state index is -4.08. The van der Waals surface area contributed by atoms with Gasteiger partial charge in [-0.05, 0) is 58.7 Å². The van der Waals surface area contributed by atoms with Crippen LogP contribution in [-0.4, -0.2) is 41.0 Å². The van der Waals surface area contributed by atoms with Gasteiger partial charge in [0.25, 0.3) is 5.91 Å². The number of sulfone groups is 1. The van der Waals surface area contributed by atoms with Gasteiger partial charge in [-0.15, -0.1) is 0 Å². The van der Waals surface area contributed by atoms with Gasteiger partial charge in [0, 0.05) is 29.5 Å². The number of fused-ring (bicyclic) bond motifs is 1. The molecule has 5 aromatic rings. The van der Waals surface area contributed by atoms with E-state index in [9.17, 15) is 22.4 Å². The molecule has 43 heavy (non-hydrogen) atoms. The third kappa shape index (κ3) is 6.60. The number of aryl methyl sites for hydroxylation is 1. The number of amides is 1. The number of aromatic nitrogens is 1. The van der Waals surface area contributed by atoms with E-state index < -0.39 is 28.2 Å². The fourth-order valence-electron chi connectivity index (χ4n) is 4.84. The molecular weight excluding hydrogens is 595 g/mol. The van der Waals surface area contributed by atoms with Crippen LogP contribution in [-0.2, 0) is 34.4 Å². The Kier molecular flexibility index (Phi) is 8.61. The van der Waals surface area contributed by atoms with E-state index in [2.05, 4.69) is 4.98 Å². The van der Waals surface area contributed by atoms with Crippen LogP contribution >= 0.6 is 11.6 Å². The van der Waals surface area contributed by atoms with Crippen molar-refractivity contribution in [2.75, 3.05) is 5.75 Å². The third-order valence-electron chi connectivity index (χ3n) is 6.97. The molecule has 0 unspecified atom stereocenters. The summed E-state index contributed by atoms with van der Waals surface area (Å²) < 4.78 is 43.6. The Bertz CT molecular complexity index is 1960. The lowest BCUT2D eigenvalue weighted by atomic mass is 9.98. The van der Waals surface area contributed by atoms with Crippen LogP contribution < -0.4 is 0 Å². The van der Waals surface area contributed by atoms with E-state index in [0.29, 0.717) is 33.0 Å². The summed E-state index contributed by atoms with van der Waals surface area (Å²) in [5.74, 6) is -2.20. The van der Waals surface area contributed by atoms with Crippen molar-refractivity contribution in [1.29, 1.82) is 0 Å². The number of hydrogen-bond donors (Lipinski definition) is 1. The highest BCUT2D eigenvalue weighted by Crippen LogP contribution is 2.30. The molecule has 0 bridgehead atoms. The van der Waals surface area contributed by atoms with Crippen molar-refractivity contribution in [2.45, 2.75) is 31.6 Å². The summed E-state index contributed by atoms with van der Waals surface area (Å²) in [7, 11) is -4.08. The number of nitrogens with zero attached hydrogens (tertiary/aromatic N) is 2. The number of carboxylic acids is 1. The van der Waals surface area contributed by atoms with Crippen molar-refractivity contribution in [3.05, 3.63) is 118 Å². The molecule has 0 saturated heterocycles. The molecule has 2 aromatic heterocycles. The van der Waals surface area contributed by atoms with Gasteiger partial charge in [0.15, 0.2) is 15.6 Å². The second-order valence-corrected chi connectivity index (χ2v) is 12.4. The molecule has 1 N–H and O–H groups in total. The highest BCUT2D eigenvalue weighted by Gasteiger charge is 2.24. The molecule has 1 amide bonds. The topological polar surface area (TPSA) is 118 Å². The van der Waals surface area contributed by atoms with E-state index in [1.807, 2.05) is 43.3 Å².